The maximum Gasteiger partial charge on any atom is 0.248 e. The highest BCUT2D eigenvalue weighted by Gasteiger charge is 2.29. The van der Waals surface area contributed by atoms with Gasteiger partial charge in [-0.25, -0.2) is 0 Å². The Morgan fingerprint density at radius 1 is 1.27 bits per heavy atom. The highest BCUT2D eigenvalue weighted by atomic mass is 16.5. The van der Waals surface area contributed by atoms with Crippen LogP contribution in [-0.4, -0.2) is 45.9 Å². The van der Waals surface area contributed by atoms with Crippen LogP contribution in [0.1, 0.15) is 50.5 Å². The van der Waals surface area contributed by atoms with Crippen LogP contribution in [0.3, 0.4) is 0 Å². The maximum absolute atomic E-state index is 12.5. The molecule has 0 unspecified atom stereocenters. The molecule has 1 amide bonds. The van der Waals surface area contributed by atoms with Crippen LogP contribution in [0.25, 0.3) is 0 Å². The predicted octanol–water partition coefficient (Wildman–Crippen LogP) is 2.53. The molecule has 2 fully saturated rings. The quantitative estimate of drug-likeness (QED) is 0.840. The van der Waals surface area contributed by atoms with Crippen molar-refractivity contribution >= 4 is 5.91 Å². The fourth-order valence-corrected chi connectivity index (χ4v) is 3.64. The number of aryl methyl sites for hydroxylation is 1. The molecule has 22 heavy (non-hydrogen) atoms. The van der Waals surface area contributed by atoms with E-state index in [1.165, 1.54) is 19.3 Å². The molecule has 1 aromatic heterocycles. The molecule has 1 saturated heterocycles. The van der Waals surface area contributed by atoms with Gasteiger partial charge >= 0.3 is 0 Å². The molecule has 2 heterocycles. The van der Waals surface area contributed by atoms with E-state index in [9.17, 15) is 4.79 Å². The first kappa shape index (κ1) is 15.5. The lowest BCUT2D eigenvalue weighted by Crippen LogP contribution is -2.41. The van der Waals surface area contributed by atoms with E-state index in [1.54, 1.807) is 0 Å². The third kappa shape index (κ3) is 3.88. The lowest BCUT2D eigenvalue weighted by atomic mass is 9.98. The van der Waals surface area contributed by atoms with Gasteiger partial charge in [0.25, 0.3) is 0 Å². The number of likely N-dealkylation sites (tertiary alicyclic amines) is 1. The van der Waals surface area contributed by atoms with Gasteiger partial charge in [0.15, 0.2) is 0 Å². The number of hydrogen-bond acceptors (Lipinski definition) is 3. The van der Waals surface area contributed by atoms with Crippen molar-refractivity contribution in [2.45, 2.75) is 70.6 Å². The minimum atomic E-state index is 0.150. The number of rotatable bonds is 5. The molecule has 0 bridgehead atoms. The summed E-state index contributed by atoms with van der Waals surface area (Å²) in [6.07, 6.45) is 12.4. The van der Waals surface area contributed by atoms with Gasteiger partial charge < -0.3 is 9.64 Å². The second-order valence-electron chi connectivity index (χ2n) is 6.69. The number of aromatic nitrogens is 2. The minimum absolute atomic E-state index is 0.150. The first-order chi connectivity index (χ1) is 10.7. The van der Waals surface area contributed by atoms with Crippen molar-refractivity contribution in [2.75, 3.05) is 13.2 Å². The average Bonchev–Trinajstić information content (AvgIpc) is 3.15. The number of nitrogens with zero attached hydrogens (tertiary/aromatic N) is 3. The molecule has 0 radical (unpaired) electrons. The summed E-state index contributed by atoms with van der Waals surface area (Å²) >= 11 is 0. The Balaban J connectivity index is 1.49. The number of hydrogen-bond donors (Lipinski definition) is 0. The second kappa shape index (κ2) is 7.27. The summed E-state index contributed by atoms with van der Waals surface area (Å²) in [5.74, 6) is 0.150. The third-order valence-corrected chi connectivity index (χ3v) is 4.85. The molecule has 3 rings (SSSR count). The number of carbonyl (C=O) groups is 1. The van der Waals surface area contributed by atoms with E-state index in [1.807, 2.05) is 28.9 Å². The van der Waals surface area contributed by atoms with Gasteiger partial charge in [0.05, 0.1) is 24.9 Å². The van der Waals surface area contributed by atoms with Gasteiger partial charge in [-0.2, -0.15) is 5.10 Å². The Morgan fingerprint density at radius 3 is 2.82 bits per heavy atom. The SMILES string of the molecule is Cc1cnn(C[C@H]2CCCN2C(=O)COC2CCCCC2)c1. The molecule has 2 aliphatic rings. The summed E-state index contributed by atoms with van der Waals surface area (Å²) in [6.45, 7) is 3.94. The lowest BCUT2D eigenvalue weighted by molar-refractivity contribution is -0.139. The van der Waals surface area contributed by atoms with Crippen LogP contribution in [0, 0.1) is 6.92 Å². The molecule has 1 atom stereocenters. The van der Waals surface area contributed by atoms with Crippen LogP contribution in [0.5, 0.6) is 0 Å². The second-order valence-corrected chi connectivity index (χ2v) is 6.69. The first-order valence-electron chi connectivity index (χ1n) is 8.62. The molecule has 0 N–H and O–H groups in total. The lowest BCUT2D eigenvalue weighted by Gasteiger charge is -2.27. The third-order valence-electron chi connectivity index (χ3n) is 4.85. The van der Waals surface area contributed by atoms with Crippen LogP contribution in [-0.2, 0) is 16.1 Å². The molecule has 5 heteroatoms. The molecular formula is C17H27N3O2. The van der Waals surface area contributed by atoms with Gasteiger partial charge in [-0.15, -0.1) is 0 Å². The van der Waals surface area contributed by atoms with E-state index in [2.05, 4.69) is 5.10 Å². The zero-order valence-corrected chi connectivity index (χ0v) is 13.5. The largest absolute Gasteiger partial charge is 0.368 e. The monoisotopic (exact) mass is 305 g/mol. The molecule has 1 aromatic rings. The van der Waals surface area contributed by atoms with Crippen molar-refractivity contribution < 1.29 is 9.53 Å². The van der Waals surface area contributed by atoms with Crippen molar-refractivity contribution in [1.29, 1.82) is 0 Å². The summed E-state index contributed by atoms with van der Waals surface area (Å²) in [6, 6.07) is 0.266. The van der Waals surface area contributed by atoms with E-state index < -0.39 is 0 Å². The molecule has 0 spiro atoms. The Kier molecular flexibility index (Phi) is 5.13. The van der Waals surface area contributed by atoms with Gasteiger partial charge in [0.2, 0.25) is 5.91 Å². The Hall–Kier alpha value is -1.36. The van der Waals surface area contributed by atoms with Gasteiger partial charge in [-0.05, 0) is 38.2 Å². The Morgan fingerprint density at radius 2 is 2.09 bits per heavy atom. The number of amides is 1. The summed E-state index contributed by atoms with van der Waals surface area (Å²) in [5, 5.41) is 4.34. The normalized spacial score (nSPS) is 23.1. The fourth-order valence-electron chi connectivity index (χ4n) is 3.64. The summed E-state index contributed by atoms with van der Waals surface area (Å²) < 4.78 is 7.80. The van der Waals surface area contributed by atoms with Crippen molar-refractivity contribution in [3.63, 3.8) is 0 Å². The predicted molar refractivity (Wildman–Crippen MR) is 84.5 cm³/mol. The summed E-state index contributed by atoms with van der Waals surface area (Å²) in [4.78, 5) is 14.5. The smallest absolute Gasteiger partial charge is 0.248 e. The van der Waals surface area contributed by atoms with Gasteiger partial charge in [0.1, 0.15) is 6.61 Å². The van der Waals surface area contributed by atoms with E-state index in [4.69, 9.17) is 4.74 Å². The van der Waals surface area contributed by atoms with Crippen molar-refractivity contribution in [1.82, 2.24) is 14.7 Å². The highest BCUT2D eigenvalue weighted by Crippen LogP contribution is 2.22. The van der Waals surface area contributed by atoms with E-state index in [0.29, 0.717) is 6.10 Å². The van der Waals surface area contributed by atoms with Gasteiger partial charge in [-0.1, -0.05) is 19.3 Å². The molecule has 122 valence electrons. The van der Waals surface area contributed by atoms with E-state index in [-0.39, 0.29) is 18.6 Å². The zero-order chi connectivity index (χ0) is 15.4. The molecule has 1 aliphatic carbocycles. The van der Waals surface area contributed by atoms with Crippen LogP contribution in [0.15, 0.2) is 12.4 Å². The molecule has 1 aliphatic heterocycles. The molecule has 1 saturated carbocycles. The number of ether oxygens (including phenoxy) is 1. The van der Waals surface area contributed by atoms with Crippen molar-refractivity contribution in [2.24, 2.45) is 0 Å². The topological polar surface area (TPSA) is 47.4 Å². The summed E-state index contributed by atoms with van der Waals surface area (Å²) in [5.41, 5.74) is 1.16. The molecular weight excluding hydrogens is 278 g/mol. The first-order valence-corrected chi connectivity index (χ1v) is 8.62. The van der Waals surface area contributed by atoms with E-state index in [0.717, 1.165) is 44.3 Å². The summed E-state index contributed by atoms with van der Waals surface area (Å²) in [7, 11) is 0. The van der Waals surface area contributed by atoms with E-state index >= 15 is 0 Å². The van der Waals surface area contributed by atoms with Crippen LogP contribution in [0.2, 0.25) is 0 Å². The van der Waals surface area contributed by atoms with Crippen molar-refractivity contribution in [3.8, 4) is 0 Å². The van der Waals surface area contributed by atoms with Gasteiger partial charge in [0, 0.05) is 12.7 Å². The fraction of sp³-hybridized carbons (Fsp3) is 0.765. The molecule has 0 aromatic carbocycles. The minimum Gasteiger partial charge on any atom is -0.368 e. The Bertz CT molecular complexity index is 494. The van der Waals surface area contributed by atoms with Crippen LogP contribution >= 0.6 is 0 Å². The standard InChI is InChI=1S/C17H27N3O2/c1-14-10-18-19(11-14)12-15-6-5-9-20(15)17(21)13-22-16-7-3-2-4-8-16/h10-11,15-16H,2-9,12-13H2,1H3/t15-/m1/s1. The number of carbonyl (C=O) groups excluding carboxylic acids is 1. The Labute approximate surface area is 132 Å². The highest BCUT2D eigenvalue weighted by molar-refractivity contribution is 5.78. The zero-order valence-electron chi connectivity index (χ0n) is 13.5. The maximum atomic E-state index is 12.5. The van der Waals surface area contributed by atoms with Gasteiger partial charge in [-0.3, -0.25) is 9.48 Å². The average molecular weight is 305 g/mol. The van der Waals surface area contributed by atoms with Crippen molar-refractivity contribution in [3.05, 3.63) is 18.0 Å². The van der Waals surface area contributed by atoms with Crippen LogP contribution < -0.4 is 0 Å². The molecule has 5 nitrogen and oxygen atoms in total. The van der Waals surface area contributed by atoms with Crippen LogP contribution in [0.4, 0.5) is 0 Å².